The molecule has 0 unspecified atom stereocenters. The highest BCUT2D eigenvalue weighted by Crippen LogP contribution is 2.40. The highest BCUT2D eigenvalue weighted by atomic mass is 19.4. The maximum absolute atomic E-state index is 13.5. The van der Waals surface area contributed by atoms with Gasteiger partial charge in [0.25, 0.3) is 0 Å². The van der Waals surface area contributed by atoms with Crippen molar-refractivity contribution in [2.24, 2.45) is 0 Å². The van der Waals surface area contributed by atoms with E-state index in [4.69, 9.17) is 4.74 Å². The lowest BCUT2D eigenvalue weighted by atomic mass is 10.1. The molecule has 7 heteroatoms. The molecule has 0 aliphatic carbocycles. The molecule has 3 rings (SSSR count). The number of carboxylic acids is 1. The molecule has 0 atom stereocenters. The molecule has 2 N–H and O–H groups in total. The van der Waals surface area contributed by atoms with E-state index in [9.17, 15) is 23.1 Å². The molecule has 0 radical (unpaired) electrons. The van der Waals surface area contributed by atoms with Crippen molar-refractivity contribution in [3.05, 3.63) is 83.9 Å². The molecule has 0 aromatic heterocycles. The van der Waals surface area contributed by atoms with Crippen molar-refractivity contribution in [3.8, 4) is 11.5 Å². The number of nitrogens with one attached hydrogen (secondary N) is 1. The van der Waals surface area contributed by atoms with Crippen molar-refractivity contribution >= 4 is 17.3 Å². The smallest absolute Gasteiger partial charge is 0.420 e. The van der Waals surface area contributed by atoms with Gasteiger partial charge in [0.05, 0.1) is 11.3 Å². The Morgan fingerprint density at radius 1 is 0.926 bits per heavy atom. The largest absolute Gasteiger partial charge is 0.478 e. The van der Waals surface area contributed by atoms with Crippen LogP contribution in [0.3, 0.4) is 0 Å². The molecule has 0 saturated heterocycles. The van der Waals surface area contributed by atoms with Gasteiger partial charge in [-0.3, -0.25) is 0 Å². The van der Waals surface area contributed by atoms with E-state index in [0.717, 1.165) is 6.07 Å². The van der Waals surface area contributed by atoms with Crippen LogP contribution in [0.1, 0.15) is 15.9 Å². The summed E-state index contributed by atoms with van der Waals surface area (Å²) in [5.74, 6) is -1.25. The molecule has 4 nitrogen and oxygen atoms in total. The number of para-hydroxylation sites is 2. The zero-order chi connectivity index (χ0) is 19.4. The van der Waals surface area contributed by atoms with Gasteiger partial charge in [-0.05, 0) is 42.5 Å². The van der Waals surface area contributed by atoms with E-state index in [1.807, 2.05) is 0 Å². The summed E-state index contributed by atoms with van der Waals surface area (Å²) in [7, 11) is 0. The summed E-state index contributed by atoms with van der Waals surface area (Å²) in [5, 5.41) is 11.9. The molecule has 0 amide bonds. The molecule has 0 aliphatic heterocycles. The molecule has 0 fully saturated rings. The Balaban J connectivity index is 1.96. The SMILES string of the molecule is O=C(O)c1ccccc1Nc1ccc(Oc2ccccc2)c(C(F)(F)F)c1. The minimum absolute atomic E-state index is 0.0457. The predicted molar refractivity (Wildman–Crippen MR) is 94.6 cm³/mol. The Hall–Kier alpha value is -3.48. The highest BCUT2D eigenvalue weighted by molar-refractivity contribution is 5.95. The number of halogens is 3. The van der Waals surface area contributed by atoms with Crippen molar-refractivity contribution < 1.29 is 27.8 Å². The van der Waals surface area contributed by atoms with Crippen LogP contribution in [0.15, 0.2) is 72.8 Å². The molecule has 0 bridgehead atoms. The lowest BCUT2D eigenvalue weighted by Gasteiger charge is -2.16. The molecule has 27 heavy (non-hydrogen) atoms. The predicted octanol–water partition coefficient (Wildman–Crippen LogP) is 5.94. The first-order valence-corrected chi connectivity index (χ1v) is 7.88. The first kappa shape index (κ1) is 18.3. The number of aromatic carboxylic acids is 1. The van der Waals surface area contributed by atoms with Gasteiger partial charge in [0.2, 0.25) is 0 Å². The van der Waals surface area contributed by atoms with Crippen LogP contribution in [0.2, 0.25) is 0 Å². The second kappa shape index (κ2) is 7.41. The van der Waals surface area contributed by atoms with Crippen LogP contribution in [-0.2, 0) is 6.18 Å². The quantitative estimate of drug-likeness (QED) is 0.581. The first-order valence-electron chi connectivity index (χ1n) is 7.88. The molecule has 0 aliphatic rings. The van der Waals surface area contributed by atoms with E-state index < -0.39 is 17.7 Å². The third-order valence-corrected chi connectivity index (χ3v) is 3.69. The Morgan fingerprint density at radius 3 is 2.26 bits per heavy atom. The number of anilines is 2. The zero-order valence-electron chi connectivity index (χ0n) is 13.8. The fourth-order valence-electron chi connectivity index (χ4n) is 2.47. The maximum atomic E-state index is 13.5. The Morgan fingerprint density at radius 2 is 1.59 bits per heavy atom. The van der Waals surface area contributed by atoms with Gasteiger partial charge in [0.15, 0.2) is 0 Å². The van der Waals surface area contributed by atoms with Crippen molar-refractivity contribution in [1.82, 2.24) is 0 Å². The number of alkyl halides is 3. The number of ether oxygens (including phenoxy) is 1. The number of carbonyl (C=O) groups is 1. The first-order chi connectivity index (χ1) is 12.8. The summed E-state index contributed by atoms with van der Waals surface area (Å²) in [4.78, 5) is 11.3. The summed E-state index contributed by atoms with van der Waals surface area (Å²) in [6.45, 7) is 0. The van der Waals surface area contributed by atoms with Crippen LogP contribution in [0.4, 0.5) is 24.5 Å². The number of hydrogen-bond donors (Lipinski definition) is 2. The van der Waals surface area contributed by atoms with Gasteiger partial charge in [-0.15, -0.1) is 0 Å². The minimum atomic E-state index is -4.64. The fourth-order valence-corrected chi connectivity index (χ4v) is 2.47. The van der Waals surface area contributed by atoms with E-state index in [-0.39, 0.29) is 28.4 Å². The molecular formula is C20H14F3NO3. The van der Waals surface area contributed by atoms with Crippen LogP contribution >= 0.6 is 0 Å². The topological polar surface area (TPSA) is 58.6 Å². The van der Waals surface area contributed by atoms with Crippen molar-refractivity contribution in [3.63, 3.8) is 0 Å². The fraction of sp³-hybridized carbons (Fsp3) is 0.0500. The zero-order valence-corrected chi connectivity index (χ0v) is 13.8. The Labute approximate surface area is 152 Å². The van der Waals surface area contributed by atoms with Gasteiger partial charge in [0.1, 0.15) is 17.1 Å². The average molecular weight is 373 g/mol. The summed E-state index contributed by atoms with van der Waals surface area (Å²) >= 11 is 0. The Bertz CT molecular complexity index is 956. The summed E-state index contributed by atoms with van der Waals surface area (Å²) in [6, 6.07) is 17.6. The number of rotatable bonds is 5. The van der Waals surface area contributed by atoms with E-state index in [1.165, 1.54) is 30.3 Å². The maximum Gasteiger partial charge on any atom is 0.420 e. The summed E-state index contributed by atoms with van der Waals surface area (Å²) < 4.78 is 45.8. The standard InChI is InChI=1S/C20H14F3NO3/c21-20(22,23)16-12-13(24-17-9-5-4-8-15(17)19(25)26)10-11-18(16)27-14-6-2-1-3-7-14/h1-12,24H,(H,25,26). The van der Waals surface area contributed by atoms with Crippen LogP contribution < -0.4 is 10.1 Å². The molecule has 138 valence electrons. The monoisotopic (exact) mass is 373 g/mol. The van der Waals surface area contributed by atoms with E-state index in [0.29, 0.717) is 0 Å². The minimum Gasteiger partial charge on any atom is -0.478 e. The van der Waals surface area contributed by atoms with Crippen molar-refractivity contribution in [2.45, 2.75) is 6.18 Å². The van der Waals surface area contributed by atoms with Gasteiger partial charge in [-0.25, -0.2) is 4.79 Å². The number of benzene rings is 3. The second-order valence-electron chi connectivity index (χ2n) is 5.60. The average Bonchev–Trinajstić information content (AvgIpc) is 2.63. The molecule has 3 aromatic carbocycles. The lowest BCUT2D eigenvalue weighted by molar-refractivity contribution is -0.138. The van der Waals surface area contributed by atoms with Gasteiger partial charge in [0, 0.05) is 5.69 Å². The Kier molecular flexibility index (Phi) is 5.03. The molecule has 0 spiro atoms. The lowest BCUT2D eigenvalue weighted by Crippen LogP contribution is -2.08. The molecule has 0 heterocycles. The van der Waals surface area contributed by atoms with Crippen LogP contribution in [0.25, 0.3) is 0 Å². The molecule has 0 saturated carbocycles. The van der Waals surface area contributed by atoms with Gasteiger partial charge >= 0.3 is 12.1 Å². The summed E-state index contributed by atoms with van der Waals surface area (Å²) in [6.07, 6.45) is -4.64. The van der Waals surface area contributed by atoms with E-state index >= 15 is 0 Å². The second-order valence-corrected chi connectivity index (χ2v) is 5.60. The van der Waals surface area contributed by atoms with E-state index in [2.05, 4.69) is 5.32 Å². The van der Waals surface area contributed by atoms with E-state index in [1.54, 1.807) is 36.4 Å². The highest BCUT2D eigenvalue weighted by Gasteiger charge is 2.35. The van der Waals surface area contributed by atoms with Gasteiger partial charge < -0.3 is 15.2 Å². The van der Waals surface area contributed by atoms with Crippen molar-refractivity contribution in [1.29, 1.82) is 0 Å². The van der Waals surface area contributed by atoms with Crippen LogP contribution in [-0.4, -0.2) is 11.1 Å². The third-order valence-electron chi connectivity index (χ3n) is 3.69. The van der Waals surface area contributed by atoms with Crippen LogP contribution in [0, 0.1) is 0 Å². The van der Waals surface area contributed by atoms with Crippen molar-refractivity contribution in [2.75, 3.05) is 5.32 Å². The third kappa shape index (κ3) is 4.38. The molecular weight excluding hydrogens is 359 g/mol. The van der Waals surface area contributed by atoms with Gasteiger partial charge in [-0.2, -0.15) is 13.2 Å². The number of carboxylic acid groups (broad SMARTS) is 1. The molecule has 3 aromatic rings. The normalized spacial score (nSPS) is 11.1. The number of hydrogen-bond acceptors (Lipinski definition) is 3. The summed E-state index contributed by atoms with van der Waals surface area (Å²) in [5.41, 5.74) is -0.730. The van der Waals surface area contributed by atoms with Crippen LogP contribution in [0.5, 0.6) is 11.5 Å². The van der Waals surface area contributed by atoms with Gasteiger partial charge in [-0.1, -0.05) is 30.3 Å².